The van der Waals surface area contributed by atoms with Crippen molar-refractivity contribution in [3.8, 4) is 0 Å². The number of amidine groups is 1. The molecule has 106 valence electrons. The summed E-state index contributed by atoms with van der Waals surface area (Å²) in [6.45, 7) is 3.65. The van der Waals surface area contributed by atoms with Crippen LogP contribution in [0.15, 0.2) is 5.16 Å². The molecule has 0 aromatic heterocycles. The first kappa shape index (κ1) is 15.8. The number of thioether (sulfide) groups is 1. The van der Waals surface area contributed by atoms with E-state index >= 15 is 0 Å². The number of carbonyl (C=O) groups is 3. The van der Waals surface area contributed by atoms with Crippen molar-refractivity contribution in [2.45, 2.75) is 19.9 Å². The smallest absolute Gasteiger partial charge is 0.295 e. The molecule has 1 rings (SSSR count). The van der Waals surface area contributed by atoms with Gasteiger partial charge in [-0.15, -0.1) is 11.6 Å². The zero-order valence-corrected chi connectivity index (χ0v) is 12.3. The number of imide groups is 1. The van der Waals surface area contributed by atoms with E-state index in [1.54, 1.807) is 0 Å². The van der Waals surface area contributed by atoms with Crippen molar-refractivity contribution < 1.29 is 19.2 Å². The third-order valence-electron chi connectivity index (χ3n) is 2.28. The minimum absolute atomic E-state index is 0.0813. The predicted octanol–water partition coefficient (Wildman–Crippen LogP) is 1.07. The molecule has 1 saturated heterocycles. The number of amides is 3. The van der Waals surface area contributed by atoms with E-state index in [1.165, 1.54) is 23.7 Å². The Morgan fingerprint density at radius 1 is 1.58 bits per heavy atom. The van der Waals surface area contributed by atoms with Crippen molar-refractivity contribution in [3.63, 3.8) is 0 Å². The lowest BCUT2D eigenvalue weighted by atomic mass is 10.3. The predicted molar refractivity (Wildman–Crippen MR) is 71.8 cm³/mol. The molecule has 0 atom stereocenters. The maximum absolute atomic E-state index is 11.6. The summed E-state index contributed by atoms with van der Waals surface area (Å²) in [5.74, 6) is -0.763. The first-order valence-corrected chi connectivity index (χ1v) is 6.96. The molecule has 0 radical (unpaired) electrons. The Morgan fingerprint density at radius 2 is 2.21 bits per heavy atom. The third kappa shape index (κ3) is 3.84. The van der Waals surface area contributed by atoms with Gasteiger partial charge in [0.1, 0.15) is 5.88 Å². The summed E-state index contributed by atoms with van der Waals surface area (Å²) in [7, 11) is 1.24. The number of alkyl halides is 1. The fourth-order valence-electron chi connectivity index (χ4n) is 1.28. The fourth-order valence-corrected chi connectivity index (χ4v) is 2.39. The van der Waals surface area contributed by atoms with Gasteiger partial charge >= 0.3 is 6.09 Å². The Balaban J connectivity index is 2.68. The van der Waals surface area contributed by atoms with Crippen LogP contribution in [0.1, 0.15) is 13.8 Å². The number of carbonyl (C=O) groups excluding carboxylic acids is 3. The summed E-state index contributed by atoms with van der Waals surface area (Å²) in [6, 6.07) is -0.0813. The molecule has 0 N–H and O–H groups in total. The third-order valence-corrected chi connectivity index (χ3v) is 3.43. The topological polar surface area (TPSA) is 79.3 Å². The van der Waals surface area contributed by atoms with Crippen LogP contribution in [0.3, 0.4) is 0 Å². The molecule has 0 aromatic rings. The van der Waals surface area contributed by atoms with Gasteiger partial charge in [0.15, 0.2) is 0 Å². The van der Waals surface area contributed by atoms with Crippen LogP contribution in [0.4, 0.5) is 4.79 Å². The second-order valence-corrected chi connectivity index (χ2v) is 5.17. The molecule has 0 unspecified atom stereocenters. The molecule has 0 spiro atoms. The number of nitrogens with zero attached hydrogens (tertiary/aromatic N) is 3. The summed E-state index contributed by atoms with van der Waals surface area (Å²) in [5, 5.41) is 3.92. The largest absolute Gasteiger partial charge is 0.442 e. The Bertz CT molecular complexity index is 427. The normalized spacial score (nSPS) is 17.2. The Morgan fingerprint density at radius 3 is 2.74 bits per heavy atom. The molecule has 1 aliphatic rings. The molecule has 7 nitrogen and oxygen atoms in total. The molecule has 3 amide bonds. The van der Waals surface area contributed by atoms with Gasteiger partial charge in [-0.2, -0.15) is 0 Å². The lowest BCUT2D eigenvalue weighted by Gasteiger charge is -2.19. The molecule has 1 heterocycles. The van der Waals surface area contributed by atoms with E-state index in [4.69, 9.17) is 11.6 Å². The van der Waals surface area contributed by atoms with Crippen LogP contribution < -0.4 is 0 Å². The highest BCUT2D eigenvalue weighted by atomic mass is 35.5. The lowest BCUT2D eigenvalue weighted by Crippen LogP contribution is -2.37. The highest BCUT2D eigenvalue weighted by Gasteiger charge is 2.31. The molecule has 1 fully saturated rings. The monoisotopic (exact) mass is 307 g/mol. The molecule has 0 aromatic carbocycles. The highest BCUT2D eigenvalue weighted by molar-refractivity contribution is 8.15. The van der Waals surface area contributed by atoms with E-state index < -0.39 is 12.0 Å². The number of rotatable bonds is 3. The van der Waals surface area contributed by atoms with E-state index in [1.807, 2.05) is 13.8 Å². The van der Waals surface area contributed by atoms with Crippen molar-refractivity contribution in [1.29, 1.82) is 0 Å². The summed E-state index contributed by atoms with van der Waals surface area (Å²) in [6.07, 6.45) is -0.943. The molecular weight excluding hydrogens is 294 g/mol. The van der Waals surface area contributed by atoms with Crippen LogP contribution in [0.25, 0.3) is 0 Å². The van der Waals surface area contributed by atoms with Gasteiger partial charge in [-0.1, -0.05) is 11.8 Å². The van der Waals surface area contributed by atoms with Crippen LogP contribution in [0.2, 0.25) is 0 Å². The molecule has 0 saturated carbocycles. The number of halogens is 1. The van der Waals surface area contributed by atoms with E-state index in [2.05, 4.69) is 9.99 Å². The van der Waals surface area contributed by atoms with Crippen molar-refractivity contribution in [2.24, 2.45) is 5.16 Å². The SMILES string of the molecule is CC(C)N1C(=O)CSC1=NOC(=O)N(C)C(=O)CCl. The second-order valence-electron chi connectivity index (χ2n) is 3.96. The van der Waals surface area contributed by atoms with Gasteiger partial charge in [0.2, 0.25) is 17.0 Å². The minimum atomic E-state index is -0.943. The first-order valence-electron chi connectivity index (χ1n) is 5.44. The van der Waals surface area contributed by atoms with E-state index in [9.17, 15) is 14.4 Å². The van der Waals surface area contributed by atoms with Gasteiger partial charge in [-0.25, -0.2) is 9.69 Å². The van der Waals surface area contributed by atoms with Crippen LogP contribution >= 0.6 is 23.4 Å². The molecule has 0 aliphatic carbocycles. The van der Waals surface area contributed by atoms with Crippen LogP contribution in [-0.2, 0) is 14.4 Å². The molecule has 1 aliphatic heterocycles. The summed E-state index contributed by atoms with van der Waals surface area (Å²) in [5.41, 5.74) is 0. The van der Waals surface area contributed by atoms with Gasteiger partial charge in [0.05, 0.1) is 5.75 Å². The highest BCUT2D eigenvalue weighted by Crippen LogP contribution is 2.21. The van der Waals surface area contributed by atoms with Crippen LogP contribution in [0, 0.1) is 0 Å². The van der Waals surface area contributed by atoms with Gasteiger partial charge < -0.3 is 0 Å². The average molecular weight is 308 g/mol. The van der Waals surface area contributed by atoms with Crippen molar-refractivity contribution in [1.82, 2.24) is 9.80 Å². The standard InChI is InChI=1S/C10H14ClN3O4S/c1-6(2)14-8(16)5-19-9(14)12-18-10(17)13(3)7(15)4-11/h6H,4-5H2,1-3H3. The van der Waals surface area contributed by atoms with Crippen molar-refractivity contribution >= 4 is 46.4 Å². The van der Waals surface area contributed by atoms with Crippen LogP contribution in [0.5, 0.6) is 0 Å². The molecule has 19 heavy (non-hydrogen) atoms. The lowest BCUT2D eigenvalue weighted by molar-refractivity contribution is -0.126. The maximum Gasteiger partial charge on any atom is 0.442 e. The van der Waals surface area contributed by atoms with E-state index in [0.717, 1.165) is 4.90 Å². The van der Waals surface area contributed by atoms with Crippen molar-refractivity contribution in [3.05, 3.63) is 0 Å². The molecule has 9 heteroatoms. The van der Waals surface area contributed by atoms with Crippen LogP contribution in [-0.4, -0.2) is 57.6 Å². The Hall–Kier alpha value is -1.28. The summed E-state index contributed by atoms with van der Waals surface area (Å²) < 4.78 is 0. The maximum atomic E-state index is 11.6. The number of hydrogen-bond donors (Lipinski definition) is 0. The van der Waals surface area contributed by atoms with E-state index in [-0.39, 0.29) is 23.6 Å². The van der Waals surface area contributed by atoms with Gasteiger partial charge in [0, 0.05) is 13.1 Å². The zero-order chi connectivity index (χ0) is 14.6. The Kier molecular flexibility index (Phi) is 5.61. The Labute approximate surface area is 119 Å². The molecular formula is C10H14ClN3O4S. The van der Waals surface area contributed by atoms with E-state index in [0.29, 0.717) is 5.17 Å². The van der Waals surface area contributed by atoms with Gasteiger partial charge in [-0.05, 0) is 19.0 Å². The fraction of sp³-hybridized carbons (Fsp3) is 0.600. The first-order chi connectivity index (χ1) is 8.88. The number of oxime groups is 1. The second kappa shape index (κ2) is 6.76. The van der Waals surface area contributed by atoms with Gasteiger partial charge in [-0.3, -0.25) is 19.3 Å². The summed E-state index contributed by atoms with van der Waals surface area (Å²) >= 11 is 6.48. The quantitative estimate of drug-likeness (QED) is 0.443. The minimum Gasteiger partial charge on any atom is -0.295 e. The van der Waals surface area contributed by atoms with Crippen molar-refractivity contribution in [2.75, 3.05) is 18.7 Å². The zero-order valence-electron chi connectivity index (χ0n) is 10.8. The number of hydrogen-bond acceptors (Lipinski definition) is 6. The summed E-state index contributed by atoms with van der Waals surface area (Å²) in [4.78, 5) is 40.9. The van der Waals surface area contributed by atoms with Gasteiger partial charge in [0.25, 0.3) is 0 Å². The average Bonchev–Trinajstić information content (AvgIpc) is 2.75. The molecule has 0 bridgehead atoms.